The van der Waals surface area contributed by atoms with E-state index in [1.807, 2.05) is 0 Å². The van der Waals surface area contributed by atoms with E-state index in [1.165, 1.54) is 0 Å². The van der Waals surface area contributed by atoms with Gasteiger partial charge in [0.2, 0.25) is 11.7 Å². The molecule has 9 nitrogen and oxygen atoms in total. The summed E-state index contributed by atoms with van der Waals surface area (Å²) in [4.78, 5) is 35.7. The number of piperazine rings is 1. The van der Waals surface area contributed by atoms with Crippen LogP contribution < -0.4 is 10.6 Å². The van der Waals surface area contributed by atoms with Gasteiger partial charge in [-0.05, 0) is 0 Å². The van der Waals surface area contributed by atoms with Crippen LogP contribution in [0.5, 0.6) is 0 Å². The number of hydrogen-bond acceptors (Lipinski definition) is 6. The minimum atomic E-state index is -1.31. The Balaban J connectivity index is 1.84. The van der Waals surface area contributed by atoms with E-state index in [0.29, 0.717) is 13.1 Å². The number of aromatic carboxylic acids is 1. The number of amides is 2. The second-order valence-corrected chi connectivity index (χ2v) is 4.20. The van der Waals surface area contributed by atoms with Gasteiger partial charge in [0.15, 0.2) is 5.69 Å². The number of nitrogens with one attached hydrogen (secondary N) is 2. The molecule has 0 saturated carbocycles. The third-order valence-corrected chi connectivity index (χ3v) is 2.82. The number of carboxylic acids is 1. The van der Waals surface area contributed by atoms with Gasteiger partial charge in [-0.15, -0.1) is 0 Å². The van der Waals surface area contributed by atoms with Gasteiger partial charge >= 0.3 is 5.97 Å². The van der Waals surface area contributed by atoms with Crippen molar-refractivity contribution in [2.45, 2.75) is 0 Å². The van der Waals surface area contributed by atoms with Gasteiger partial charge in [0.05, 0.1) is 6.54 Å². The molecule has 2 amide bonds. The summed E-state index contributed by atoms with van der Waals surface area (Å²) < 4.78 is 4.46. The Morgan fingerprint density at radius 3 is 2.70 bits per heavy atom. The Bertz CT molecular complexity index is 521. The monoisotopic (exact) mass is 282 g/mol. The molecule has 1 saturated heterocycles. The van der Waals surface area contributed by atoms with Crippen LogP contribution in [0.3, 0.4) is 0 Å². The number of aromatic nitrogens is 1. The van der Waals surface area contributed by atoms with Gasteiger partial charge in [-0.25, -0.2) is 4.79 Å². The summed E-state index contributed by atoms with van der Waals surface area (Å²) in [5, 5.41) is 17.5. The maximum absolute atomic E-state index is 11.8. The van der Waals surface area contributed by atoms with Gasteiger partial charge in [0, 0.05) is 32.2 Å². The molecule has 20 heavy (non-hydrogen) atoms. The molecular weight excluding hydrogens is 268 g/mol. The second kappa shape index (κ2) is 6.15. The molecule has 0 unspecified atom stereocenters. The first-order valence-corrected chi connectivity index (χ1v) is 6.04. The number of carboxylic acid groups (broad SMARTS) is 1. The normalized spacial score (nSPS) is 14.9. The molecule has 0 spiro atoms. The van der Waals surface area contributed by atoms with Crippen LogP contribution in [0.2, 0.25) is 0 Å². The van der Waals surface area contributed by atoms with Crippen LogP contribution in [0.4, 0.5) is 0 Å². The van der Waals surface area contributed by atoms with Crippen LogP contribution in [0.1, 0.15) is 21.0 Å². The van der Waals surface area contributed by atoms with Crippen molar-refractivity contribution < 1.29 is 24.0 Å². The summed E-state index contributed by atoms with van der Waals surface area (Å²) >= 11 is 0. The van der Waals surface area contributed by atoms with Crippen LogP contribution in [-0.2, 0) is 4.79 Å². The Morgan fingerprint density at radius 2 is 2.10 bits per heavy atom. The fourth-order valence-electron chi connectivity index (χ4n) is 1.76. The molecular formula is C11H14N4O5. The zero-order valence-corrected chi connectivity index (χ0v) is 10.6. The van der Waals surface area contributed by atoms with E-state index in [0.717, 1.165) is 19.2 Å². The van der Waals surface area contributed by atoms with Gasteiger partial charge in [-0.1, -0.05) is 5.16 Å². The molecule has 0 aliphatic carbocycles. The molecule has 0 bridgehead atoms. The van der Waals surface area contributed by atoms with Crippen molar-refractivity contribution in [1.29, 1.82) is 0 Å². The molecule has 0 radical (unpaired) electrons. The second-order valence-electron chi connectivity index (χ2n) is 4.20. The molecule has 1 fully saturated rings. The highest BCUT2D eigenvalue weighted by Gasteiger charge is 2.19. The van der Waals surface area contributed by atoms with Crippen LogP contribution in [-0.4, -0.2) is 65.7 Å². The van der Waals surface area contributed by atoms with Crippen LogP contribution in [0.15, 0.2) is 10.6 Å². The van der Waals surface area contributed by atoms with E-state index in [-0.39, 0.29) is 18.1 Å². The Labute approximate surface area is 113 Å². The van der Waals surface area contributed by atoms with Gasteiger partial charge in [0.25, 0.3) is 5.91 Å². The summed E-state index contributed by atoms with van der Waals surface area (Å²) in [5.74, 6) is -2.58. The predicted octanol–water partition coefficient (Wildman–Crippen LogP) is -1.47. The molecule has 1 aliphatic heterocycles. The first kappa shape index (κ1) is 14.0. The average Bonchev–Trinajstić information content (AvgIpc) is 2.95. The molecule has 108 valence electrons. The quantitative estimate of drug-likeness (QED) is 0.616. The Kier molecular flexibility index (Phi) is 4.31. The smallest absolute Gasteiger partial charge is 0.374 e. The van der Waals surface area contributed by atoms with Crippen LogP contribution >= 0.6 is 0 Å². The van der Waals surface area contributed by atoms with Gasteiger partial charge in [-0.3, -0.25) is 9.59 Å². The highest BCUT2D eigenvalue weighted by Crippen LogP contribution is 2.03. The topological polar surface area (TPSA) is 125 Å². The van der Waals surface area contributed by atoms with Crippen molar-refractivity contribution >= 4 is 17.8 Å². The van der Waals surface area contributed by atoms with Crippen molar-refractivity contribution in [2.75, 3.05) is 32.7 Å². The molecule has 1 aromatic rings. The van der Waals surface area contributed by atoms with E-state index in [1.54, 1.807) is 4.90 Å². The lowest BCUT2D eigenvalue weighted by atomic mass is 10.3. The number of hydrogen-bond donors (Lipinski definition) is 3. The van der Waals surface area contributed by atoms with E-state index in [4.69, 9.17) is 5.11 Å². The van der Waals surface area contributed by atoms with Crippen molar-refractivity contribution in [3.8, 4) is 0 Å². The minimum absolute atomic E-state index is 0.159. The molecule has 9 heteroatoms. The zero-order valence-electron chi connectivity index (χ0n) is 10.6. The van der Waals surface area contributed by atoms with Gasteiger partial charge in [0.1, 0.15) is 0 Å². The molecule has 3 N–H and O–H groups in total. The highest BCUT2D eigenvalue weighted by atomic mass is 16.5. The summed E-state index contributed by atoms with van der Waals surface area (Å²) in [5.41, 5.74) is -0.171. The molecule has 0 atom stereocenters. The lowest BCUT2D eigenvalue weighted by Gasteiger charge is -2.27. The third-order valence-electron chi connectivity index (χ3n) is 2.82. The summed E-state index contributed by atoms with van der Waals surface area (Å²) in [6.45, 7) is 2.49. The first-order valence-electron chi connectivity index (χ1n) is 6.04. The van der Waals surface area contributed by atoms with E-state index in [9.17, 15) is 14.4 Å². The van der Waals surface area contributed by atoms with Gasteiger partial charge < -0.3 is 25.2 Å². The maximum Gasteiger partial charge on any atom is 0.374 e. The molecule has 2 heterocycles. The largest absolute Gasteiger partial charge is 0.475 e. The molecule has 1 aromatic heterocycles. The number of carbonyl (C=O) groups is 3. The zero-order chi connectivity index (χ0) is 14.5. The summed E-state index contributed by atoms with van der Waals surface area (Å²) in [7, 11) is 0. The molecule has 0 aromatic carbocycles. The predicted molar refractivity (Wildman–Crippen MR) is 65.2 cm³/mol. The number of nitrogens with zero attached hydrogens (tertiary/aromatic N) is 2. The van der Waals surface area contributed by atoms with Crippen molar-refractivity contribution in [3.05, 3.63) is 17.5 Å². The van der Waals surface area contributed by atoms with Crippen molar-refractivity contribution in [2.24, 2.45) is 0 Å². The Hall–Kier alpha value is -2.42. The average molecular weight is 282 g/mol. The van der Waals surface area contributed by atoms with Crippen molar-refractivity contribution in [3.63, 3.8) is 0 Å². The number of carbonyl (C=O) groups excluding carboxylic acids is 2. The van der Waals surface area contributed by atoms with Crippen LogP contribution in [0, 0.1) is 0 Å². The summed E-state index contributed by atoms with van der Waals surface area (Å²) in [6, 6.07) is 1.01. The third kappa shape index (κ3) is 3.32. The van der Waals surface area contributed by atoms with E-state index < -0.39 is 17.6 Å². The first-order chi connectivity index (χ1) is 9.58. The van der Waals surface area contributed by atoms with E-state index >= 15 is 0 Å². The standard InChI is InChI=1S/C11H14N4O5/c16-9(15-3-1-12-2-4-15)6-13-10(17)7-5-8(11(18)19)20-14-7/h5,12H,1-4,6H2,(H,13,17)(H,18,19). The number of rotatable bonds is 4. The highest BCUT2D eigenvalue weighted by molar-refractivity contribution is 5.96. The maximum atomic E-state index is 11.8. The lowest BCUT2D eigenvalue weighted by molar-refractivity contribution is -0.130. The van der Waals surface area contributed by atoms with Crippen molar-refractivity contribution in [1.82, 2.24) is 20.7 Å². The fraction of sp³-hybridized carbons (Fsp3) is 0.455. The van der Waals surface area contributed by atoms with Crippen LogP contribution in [0.25, 0.3) is 0 Å². The van der Waals surface area contributed by atoms with E-state index in [2.05, 4.69) is 20.3 Å². The van der Waals surface area contributed by atoms with Gasteiger partial charge in [-0.2, -0.15) is 0 Å². The lowest BCUT2D eigenvalue weighted by Crippen LogP contribution is -2.49. The summed E-state index contributed by atoms with van der Waals surface area (Å²) in [6.07, 6.45) is 0. The fourth-order valence-corrected chi connectivity index (χ4v) is 1.76. The SMILES string of the molecule is O=C(NCC(=O)N1CCNCC1)c1cc(C(=O)O)on1. The Morgan fingerprint density at radius 1 is 1.40 bits per heavy atom. The molecule has 2 rings (SSSR count). The minimum Gasteiger partial charge on any atom is -0.475 e. The molecule has 1 aliphatic rings.